The van der Waals surface area contributed by atoms with Crippen LogP contribution in [0.1, 0.15) is 0 Å². The second-order valence-corrected chi connectivity index (χ2v) is 12.3. The molecule has 0 aliphatic heterocycles. The van der Waals surface area contributed by atoms with Crippen molar-refractivity contribution in [3.05, 3.63) is 158 Å². The van der Waals surface area contributed by atoms with Crippen LogP contribution in [0.2, 0.25) is 0 Å². The Kier molecular flexibility index (Phi) is 5.31. The second kappa shape index (κ2) is 9.69. The number of nitrogens with one attached hydrogen (secondary N) is 1. The van der Waals surface area contributed by atoms with Gasteiger partial charge in [-0.3, -0.25) is 0 Å². The number of hydrogen-bond acceptors (Lipinski definition) is 1. The molecule has 214 valence electrons. The maximum Gasteiger partial charge on any atom is 0.143 e. The first kappa shape index (κ1) is 25.2. The summed E-state index contributed by atoms with van der Waals surface area (Å²) in [7, 11) is 0. The number of fused-ring (bicyclic) bond motifs is 8. The Balaban J connectivity index is 1.23. The predicted octanol–water partition coefficient (Wildman–Crippen LogP) is 12.5. The average Bonchev–Trinajstić information content (AvgIpc) is 3.68. The molecule has 0 aliphatic carbocycles. The van der Waals surface area contributed by atoms with Gasteiger partial charge in [-0.05, 0) is 104 Å². The number of benzene rings is 8. The molecular formula is C44H27NO. The van der Waals surface area contributed by atoms with E-state index in [0.29, 0.717) is 0 Å². The largest absolute Gasteiger partial charge is 0.455 e. The topological polar surface area (TPSA) is 28.9 Å². The fourth-order valence-electron chi connectivity index (χ4n) is 7.19. The van der Waals surface area contributed by atoms with Crippen LogP contribution in [0, 0.1) is 0 Å². The molecule has 0 atom stereocenters. The summed E-state index contributed by atoms with van der Waals surface area (Å²) in [5, 5.41) is 9.65. The summed E-state index contributed by atoms with van der Waals surface area (Å²) in [6, 6.07) is 57.0. The SMILES string of the molecule is c1ccc2cc(-c3ccc4oc5c(-c6ccc7[nH]c8ccccc8c7c6)cc(-c6ccc7ccccc7c6)cc5c4c3)ccc2c1. The van der Waals surface area contributed by atoms with Crippen molar-refractivity contribution < 1.29 is 4.42 Å². The van der Waals surface area contributed by atoms with Gasteiger partial charge in [-0.25, -0.2) is 0 Å². The molecule has 10 aromatic rings. The van der Waals surface area contributed by atoms with E-state index in [-0.39, 0.29) is 0 Å². The van der Waals surface area contributed by atoms with E-state index in [9.17, 15) is 0 Å². The Morgan fingerprint density at radius 2 is 0.913 bits per heavy atom. The van der Waals surface area contributed by atoms with Gasteiger partial charge in [0.25, 0.3) is 0 Å². The van der Waals surface area contributed by atoms with E-state index in [4.69, 9.17) is 4.42 Å². The van der Waals surface area contributed by atoms with Crippen molar-refractivity contribution in [3.8, 4) is 33.4 Å². The fourth-order valence-corrected chi connectivity index (χ4v) is 7.19. The quantitative estimate of drug-likeness (QED) is 0.220. The number of para-hydroxylation sites is 1. The third-order valence-corrected chi connectivity index (χ3v) is 9.55. The molecule has 2 heterocycles. The standard InChI is InChI=1S/C44H27NO/c1-3-9-29-21-31(15-13-27(29)7-1)33-18-20-43-39(23-33)40-26-35(32-16-14-28-8-2-4-10-30(28)22-32)25-37(44(40)46-43)34-17-19-42-38(24-34)36-11-5-6-12-41(36)45-42/h1-26,45H. The van der Waals surface area contributed by atoms with Gasteiger partial charge in [-0.1, -0.05) is 103 Å². The fraction of sp³-hybridized carbons (Fsp3) is 0. The second-order valence-electron chi connectivity index (χ2n) is 12.3. The summed E-state index contributed by atoms with van der Waals surface area (Å²) in [6.45, 7) is 0. The Morgan fingerprint density at radius 3 is 1.70 bits per heavy atom. The van der Waals surface area contributed by atoms with E-state index in [1.165, 1.54) is 54.6 Å². The van der Waals surface area contributed by atoms with E-state index >= 15 is 0 Å². The summed E-state index contributed by atoms with van der Waals surface area (Å²) < 4.78 is 6.73. The lowest BCUT2D eigenvalue weighted by molar-refractivity contribution is 0.670. The van der Waals surface area contributed by atoms with Crippen LogP contribution in [-0.4, -0.2) is 4.98 Å². The van der Waals surface area contributed by atoms with Crippen molar-refractivity contribution in [2.45, 2.75) is 0 Å². The molecule has 46 heavy (non-hydrogen) atoms. The van der Waals surface area contributed by atoms with E-state index in [1.54, 1.807) is 0 Å². The normalized spacial score (nSPS) is 11.9. The summed E-state index contributed by atoms with van der Waals surface area (Å²) in [4.78, 5) is 3.58. The van der Waals surface area contributed by atoms with Gasteiger partial charge in [0.15, 0.2) is 0 Å². The van der Waals surface area contributed by atoms with Gasteiger partial charge in [0.05, 0.1) is 0 Å². The maximum atomic E-state index is 6.73. The van der Waals surface area contributed by atoms with E-state index < -0.39 is 0 Å². The lowest BCUT2D eigenvalue weighted by Gasteiger charge is -2.10. The highest BCUT2D eigenvalue weighted by Gasteiger charge is 2.17. The van der Waals surface area contributed by atoms with E-state index in [2.05, 4.69) is 163 Å². The predicted molar refractivity (Wildman–Crippen MR) is 194 cm³/mol. The first-order valence-electron chi connectivity index (χ1n) is 15.7. The number of aromatic amines is 1. The highest BCUT2D eigenvalue weighted by molar-refractivity contribution is 6.14. The van der Waals surface area contributed by atoms with Crippen LogP contribution < -0.4 is 0 Å². The van der Waals surface area contributed by atoms with Gasteiger partial charge in [-0.15, -0.1) is 0 Å². The molecule has 0 saturated carbocycles. The molecule has 1 N–H and O–H groups in total. The van der Waals surface area contributed by atoms with Crippen molar-refractivity contribution in [1.82, 2.24) is 4.98 Å². The van der Waals surface area contributed by atoms with Crippen LogP contribution in [0.4, 0.5) is 0 Å². The highest BCUT2D eigenvalue weighted by Crippen LogP contribution is 2.42. The van der Waals surface area contributed by atoms with Gasteiger partial charge in [0.1, 0.15) is 11.2 Å². The molecule has 0 unspecified atom stereocenters. The van der Waals surface area contributed by atoms with Crippen molar-refractivity contribution in [2.24, 2.45) is 0 Å². The maximum absolute atomic E-state index is 6.73. The van der Waals surface area contributed by atoms with Crippen LogP contribution >= 0.6 is 0 Å². The Labute approximate surface area is 265 Å². The van der Waals surface area contributed by atoms with Crippen molar-refractivity contribution in [2.75, 3.05) is 0 Å². The van der Waals surface area contributed by atoms with Crippen molar-refractivity contribution in [3.63, 3.8) is 0 Å². The third kappa shape index (κ3) is 3.90. The average molecular weight is 586 g/mol. The molecule has 2 nitrogen and oxygen atoms in total. The van der Waals surface area contributed by atoms with E-state index in [1.807, 2.05) is 0 Å². The van der Waals surface area contributed by atoms with Crippen LogP contribution in [0.25, 0.3) is 98.7 Å². The van der Waals surface area contributed by atoms with Crippen LogP contribution in [0.15, 0.2) is 162 Å². The Bertz CT molecular complexity index is 2810. The van der Waals surface area contributed by atoms with Crippen molar-refractivity contribution >= 4 is 65.3 Å². The summed E-state index contributed by atoms with van der Waals surface area (Å²) in [5.41, 5.74) is 11.1. The van der Waals surface area contributed by atoms with Crippen LogP contribution in [0.5, 0.6) is 0 Å². The molecule has 0 spiro atoms. The van der Waals surface area contributed by atoms with Gasteiger partial charge in [0, 0.05) is 38.1 Å². The molecular weight excluding hydrogens is 558 g/mol. The number of hydrogen-bond donors (Lipinski definition) is 1. The van der Waals surface area contributed by atoms with Gasteiger partial charge in [-0.2, -0.15) is 0 Å². The number of rotatable bonds is 3. The first-order valence-corrected chi connectivity index (χ1v) is 15.7. The first-order chi connectivity index (χ1) is 22.7. The molecule has 0 radical (unpaired) electrons. The van der Waals surface area contributed by atoms with Crippen LogP contribution in [0.3, 0.4) is 0 Å². The monoisotopic (exact) mass is 585 g/mol. The van der Waals surface area contributed by atoms with Crippen LogP contribution in [-0.2, 0) is 0 Å². The zero-order valence-electron chi connectivity index (χ0n) is 24.9. The minimum atomic E-state index is 0.893. The summed E-state index contributed by atoms with van der Waals surface area (Å²) in [5.74, 6) is 0. The molecule has 2 heteroatoms. The van der Waals surface area contributed by atoms with E-state index in [0.717, 1.165) is 44.1 Å². The third-order valence-electron chi connectivity index (χ3n) is 9.55. The molecule has 2 aromatic heterocycles. The number of aromatic nitrogens is 1. The Morgan fingerprint density at radius 1 is 0.348 bits per heavy atom. The summed E-state index contributed by atoms with van der Waals surface area (Å²) in [6.07, 6.45) is 0. The lowest BCUT2D eigenvalue weighted by atomic mass is 9.93. The summed E-state index contributed by atoms with van der Waals surface area (Å²) >= 11 is 0. The zero-order chi connectivity index (χ0) is 30.2. The minimum Gasteiger partial charge on any atom is -0.455 e. The lowest BCUT2D eigenvalue weighted by Crippen LogP contribution is -1.85. The number of furan rings is 1. The molecule has 0 saturated heterocycles. The molecule has 10 rings (SSSR count). The highest BCUT2D eigenvalue weighted by atomic mass is 16.3. The molecule has 0 amide bonds. The minimum absolute atomic E-state index is 0.893. The smallest absolute Gasteiger partial charge is 0.143 e. The van der Waals surface area contributed by atoms with Gasteiger partial charge >= 0.3 is 0 Å². The molecule has 0 fully saturated rings. The molecule has 8 aromatic carbocycles. The molecule has 0 aliphatic rings. The van der Waals surface area contributed by atoms with Gasteiger partial charge in [0.2, 0.25) is 0 Å². The number of H-pyrrole nitrogens is 1. The zero-order valence-corrected chi connectivity index (χ0v) is 24.9. The van der Waals surface area contributed by atoms with Crippen molar-refractivity contribution in [1.29, 1.82) is 0 Å². The Hall–Kier alpha value is -6.12. The molecule has 0 bridgehead atoms. The van der Waals surface area contributed by atoms with Gasteiger partial charge < -0.3 is 9.40 Å².